The first kappa shape index (κ1) is 8.38. The average molecular weight is 198 g/mol. The van der Waals surface area contributed by atoms with E-state index < -0.39 is 0 Å². The molecule has 2 N–H and O–H groups in total. The minimum Gasteiger partial charge on any atom is -0.304 e. The number of rotatable bonds is 0. The SMILES string of the molecule is C1=Cc2nc3ccccc3nc2NNC1. The molecule has 1 aromatic heterocycles. The molecule has 0 bridgehead atoms. The number of hydrogen-bond donors (Lipinski definition) is 2. The van der Waals surface area contributed by atoms with Crippen molar-refractivity contribution >= 4 is 22.9 Å². The second kappa shape index (κ2) is 3.33. The van der Waals surface area contributed by atoms with Crippen LogP contribution in [0.5, 0.6) is 0 Å². The Bertz CT molecular complexity index is 533. The van der Waals surface area contributed by atoms with E-state index in [0.29, 0.717) is 0 Å². The molecule has 74 valence electrons. The molecule has 4 nitrogen and oxygen atoms in total. The van der Waals surface area contributed by atoms with Gasteiger partial charge in [0.25, 0.3) is 0 Å². The van der Waals surface area contributed by atoms with E-state index in [1.807, 2.05) is 36.4 Å². The summed E-state index contributed by atoms with van der Waals surface area (Å²) in [6.07, 6.45) is 3.99. The lowest BCUT2D eigenvalue weighted by molar-refractivity contribution is 0.892. The molecule has 0 spiro atoms. The summed E-state index contributed by atoms with van der Waals surface area (Å²) in [5.74, 6) is 0.780. The Morgan fingerprint density at radius 1 is 1.07 bits per heavy atom. The van der Waals surface area contributed by atoms with Gasteiger partial charge in [0.1, 0.15) is 5.69 Å². The number of fused-ring (bicyclic) bond motifs is 2. The smallest absolute Gasteiger partial charge is 0.166 e. The molecule has 0 saturated carbocycles. The van der Waals surface area contributed by atoms with Gasteiger partial charge in [-0.15, -0.1) is 0 Å². The van der Waals surface area contributed by atoms with E-state index >= 15 is 0 Å². The van der Waals surface area contributed by atoms with Crippen molar-refractivity contribution in [3.8, 4) is 0 Å². The standard InChI is InChI=1S/C11H10N4/c1-2-5-9-8(4-1)13-10-6-3-7-12-15-11(10)14-9/h1-6,12H,7H2,(H,14,15). The van der Waals surface area contributed by atoms with Crippen LogP contribution in [0.3, 0.4) is 0 Å². The zero-order valence-electron chi connectivity index (χ0n) is 8.07. The van der Waals surface area contributed by atoms with Crippen LogP contribution < -0.4 is 10.9 Å². The Morgan fingerprint density at radius 2 is 1.87 bits per heavy atom. The van der Waals surface area contributed by atoms with Crippen LogP contribution in [0.2, 0.25) is 0 Å². The lowest BCUT2D eigenvalue weighted by Gasteiger charge is -2.06. The van der Waals surface area contributed by atoms with Crippen molar-refractivity contribution < 1.29 is 0 Å². The van der Waals surface area contributed by atoms with Crippen molar-refractivity contribution in [3.05, 3.63) is 36.0 Å². The van der Waals surface area contributed by atoms with E-state index in [-0.39, 0.29) is 0 Å². The molecular formula is C11H10N4. The number of nitrogens with one attached hydrogen (secondary N) is 2. The van der Waals surface area contributed by atoms with Gasteiger partial charge in [0.2, 0.25) is 0 Å². The van der Waals surface area contributed by atoms with Gasteiger partial charge in [-0.05, 0) is 18.2 Å². The first-order valence-electron chi connectivity index (χ1n) is 4.86. The lowest BCUT2D eigenvalue weighted by atomic mass is 10.3. The Balaban J connectivity index is 2.27. The van der Waals surface area contributed by atoms with Gasteiger partial charge >= 0.3 is 0 Å². The molecule has 1 aliphatic heterocycles. The van der Waals surface area contributed by atoms with E-state index in [9.17, 15) is 0 Å². The summed E-state index contributed by atoms with van der Waals surface area (Å²) in [6.45, 7) is 0.772. The quantitative estimate of drug-likeness (QED) is 0.674. The van der Waals surface area contributed by atoms with Crippen LogP contribution in [-0.4, -0.2) is 16.5 Å². The molecule has 2 aromatic rings. The third-order valence-electron chi connectivity index (χ3n) is 2.30. The van der Waals surface area contributed by atoms with E-state index in [0.717, 1.165) is 29.1 Å². The average Bonchev–Trinajstić information content (AvgIpc) is 2.50. The summed E-state index contributed by atoms with van der Waals surface area (Å²) in [6, 6.07) is 7.85. The molecule has 4 heteroatoms. The number of nitrogens with zero attached hydrogens (tertiary/aromatic N) is 2. The molecule has 0 atom stereocenters. The van der Waals surface area contributed by atoms with Gasteiger partial charge < -0.3 is 5.43 Å². The zero-order valence-corrected chi connectivity index (χ0v) is 8.07. The van der Waals surface area contributed by atoms with E-state index in [1.54, 1.807) is 0 Å². The molecular weight excluding hydrogens is 188 g/mol. The molecule has 0 unspecified atom stereocenters. The van der Waals surface area contributed by atoms with Crippen LogP contribution in [0.15, 0.2) is 30.3 Å². The van der Waals surface area contributed by atoms with Gasteiger partial charge in [-0.25, -0.2) is 15.4 Å². The van der Waals surface area contributed by atoms with Crippen LogP contribution in [-0.2, 0) is 0 Å². The van der Waals surface area contributed by atoms with Gasteiger partial charge in [0, 0.05) is 6.54 Å². The summed E-state index contributed by atoms with van der Waals surface area (Å²) >= 11 is 0. The lowest BCUT2D eigenvalue weighted by Crippen LogP contribution is -2.21. The Hall–Kier alpha value is -1.94. The molecule has 1 aliphatic rings. The number of hydrogen-bond acceptors (Lipinski definition) is 4. The summed E-state index contributed by atoms with van der Waals surface area (Å²) in [4.78, 5) is 9.01. The predicted octanol–water partition coefficient (Wildman–Crippen LogP) is 1.57. The molecule has 0 amide bonds. The molecule has 1 aromatic carbocycles. The number of hydrazine groups is 1. The highest BCUT2D eigenvalue weighted by molar-refractivity contribution is 5.78. The van der Waals surface area contributed by atoms with Crippen molar-refractivity contribution in [2.45, 2.75) is 0 Å². The van der Waals surface area contributed by atoms with Crippen molar-refractivity contribution in [2.75, 3.05) is 12.0 Å². The predicted molar refractivity (Wildman–Crippen MR) is 60.2 cm³/mol. The molecule has 15 heavy (non-hydrogen) atoms. The van der Waals surface area contributed by atoms with Crippen molar-refractivity contribution in [1.29, 1.82) is 0 Å². The molecule has 0 radical (unpaired) electrons. The topological polar surface area (TPSA) is 49.8 Å². The van der Waals surface area contributed by atoms with Gasteiger partial charge in [0.15, 0.2) is 5.82 Å². The van der Waals surface area contributed by atoms with Crippen LogP contribution in [0.4, 0.5) is 5.82 Å². The van der Waals surface area contributed by atoms with E-state index in [4.69, 9.17) is 0 Å². The van der Waals surface area contributed by atoms with Crippen LogP contribution in [0.25, 0.3) is 17.1 Å². The largest absolute Gasteiger partial charge is 0.304 e. The first-order valence-corrected chi connectivity index (χ1v) is 4.86. The monoisotopic (exact) mass is 198 g/mol. The third-order valence-corrected chi connectivity index (χ3v) is 2.30. The number of anilines is 1. The van der Waals surface area contributed by atoms with E-state index in [2.05, 4.69) is 20.8 Å². The highest BCUT2D eigenvalue weighted by atomic mass is 15.4. The van der Waals surface area contributed by atoms with Crippen molar-refractivity contribution in [1.82, 2.24) is 15.4 Å². The maximum atomic E-state index is 4.52. The second-order valence-corrected chi connectivity index (χ2v) is 3.35. The van der Waals surface area contributed by atoms with Gasteiger partial charge in [-0.1, -0.05) is 18.2 Å². The fraction of sp³-hybridized carbons (Fsp3) is 0.0909. The minimum absolute atomic E-state index is 0.772. The summed E-state index contributed by atoms with van der Waals surface area (Å²) in [5, 5.41) is 0. The highest BCUT2D eigenvalue weighted by Crippen LogP contribution is 2.18. The first-order chi connectivity index (χ1) is 7.43. The maximum Gasteiger partial charge on any atom is 0.166 e. The third kappa shape index (κ3) is 1.45. The fourth-order valence-electron chi connectivity index (χ4n) is 1.59. The van der Waals surface area contributed by atoms with Crippen LogP contribution in [0, 0.1) is 0 Å². The number of para-hydroxylation sites is 2. The summed E-state index contributed by atoms with van der Waals surface area (Å²) in [5.41, 5.74) is 8.76. The molecule has 0 fully saturated rings. The molecule has 0 aliphatic carbocycles. The number of aromatic nitrogens is 2. The minimum atomic E-state index is 0.772. The van der Waals surface area contributed by atoms with Gasteiger partial charge in [0.05, 0.1) is 11.0 Å². The van der Waals surface area contributed by atoms with Crippen molar-refractivity contribution in [3.63, 3.8) is 0 Å². The molecule has 3 rings (SSSR count). The maximum absolute atomic E-state index is 4.52. The Kier molecular flexibility index (Phi) is 1.86. The second-order valence-electron chi connectivity index (χ2n) is 3.35. The van der Waals surface area contributed by atoms with E-state index in [1.165, 1.54) is 0 Å². The van der Waals surface area contributed by atoms with Gasteiger partial charge in [-0.2, -0.15) is 0 Å². The fourth-order valence-corrected chi connectivity index (χ4v) is 1.59. The van der Waals surface area contributed by atoms with Crippen molar-refractivity contribution in [2.24, 2.45) is 0 Å². The molecule has 0 saturated heterocycles. The Labute approximate surface area is 87.0 Å². The number of benzene rings is 1. The summed E-state index contributed by atoms with van der Waals surface area (Å²) < 4.78 is 0. The highest BCUT2D eigenvalue weighted by Gasteiger charge is 2.07. The van der Waals surface area contributed by atoms with Gasteiger partial charge in [-0.3, -0.25) is 0 Å². The Morgan fingerprint density at radius 3 is 2.73 bits per heavy atom. The van der Waals surface area contributed by atoms with Crippen LogP contribution >= 0.6 is 0 Å². The van der Waals surface area contributed by atoms with Crippen LogP contribution in [0.1, 0.15) is 5.69 Å². The normalized spacial score (nSPS) is 14.4. The molecule has 2 heterocycles. The summed E-state index contributed by atoms with van der Waals surface area (Å²) in [7, 11) is 0. The zero-order chi connectivity index (χ0) is 10.1.